The zero-order valence-corrected chi connectivity index (χ0v) is 9.84. The lowest BCUT2D eigenvalue weighted by Crippen LogP contribution is -2.01. The van der Waals surface area contributed by atoms with Crippen LogP contribution in [0.25, 0.3) is 0 Å². The van der Waals surface area contributed by atoms with Gasteiger partial charge in [0.25, 0.3) is 0 Å². The average Bonchev–Trinajstić information content (AvgIpc) is 2.73. The fourth-order valence-corrected chi connectivity index (χ4v) is 2.21. The molecule has 1 aromatic carbocycles. The van der Waals surface area contributed by atoms with Crippen molar-refractivity contribution in [2.24, 2.45) is 0 Å². The highest BCUT2D eigenvalue weighted by Crippen LogP contribution is 2.40. The minimum absolute atomic E-state index is 0.575. The van der Waals surface area contributed by atoms with Gasteiger partial charge in [0.2, 0.25) is 0 Å². The van der Waals surface area contributed by atoms with Crippen LogP contribution < -0.4 is 10.1 Å². The quantitative estimate of drug-likeness (QED) is 0.783. The lowest BCUT2D eigenvalue weighted by atomic mass is 9.96. The van der Waals surface area contributed by atoms with E-state index in [2.05, 4.69) is 29.3 Å². The zero-order valence-electron chi connectivity index (χ0n) is 9.84. The number of methoxy groups -OCH3 is 1. The summed E-state index contributed by atoms with van der Waals surface area (Å²) in [6, 6.07) is 6.24. The van der Waals surface area contributed by atoms with Crippen LogP contribution in [0.15, 0.2) is 18.2 Å². The molecule has 0 fully saturated rings. The number of nitrogens with one attached hydrogen (secondary N) is 1. The lowest BCUT2D eigenvalue weighted by Gasteiger charge is -2.09. The van der Waals surface area contributed by atoms with Crippen molar-refractivity contribution in [2.75, 3.05) is 19.0 Å². The maximum atomic E-state index is 5.34. The van der Waals surface area contributed by atoms with E-state index in [9.17, 15) is 0 Å². The second kappa shape index (κ2) is 4.94. The van der Waals surface area contributed by atoms with Crippen molar-refractivity contribution in [3.8, 4) is 17.6 Å². The minimum Gasteiger partial charge on any atom is -0.495 e. The van der Waals surface area contributed by atoms with Gasteiger partial charge in [-0.1, -0.05) is 12.1 Å². The van der Waals surface area contributed by atoms with Gasteiger partial charge in [-0.05, 0) is 25.0 Å². The Labute approximate surface area is 97.0 Å². The van der Waals surface area contributed by atoms with Crippen LogP contribution in [0.2, 0.25) is 0 Å². The van der Waals surface area contributed by atoms with Gasteiger partial charge in [0.15, 0.2) is 0 Å². The normalized spacial score (nSPS) is 17.0. The highest BCUT2D eigenvalue weighted by atomic mass is 16.5. The van der Waals surface area contributed by atoms with E-state index in [-0.39, 0.29) is 0 Å². The van der Waals surface area contributed by atoms with Crippen LogP contribution in [-0.2, 0) is 0 Å². The third-order valence-electron chi connectivity index (χ3n) is 3.04. The van der Waals surface area contributed by atoms with E-state index >= 15 is 0 Å². The summed E-state index contributed by atoms with van der Waals surface area (Å²) < 4.78 is 5.34. The van der Waals surface area contributed by atoms with Gasteiger partial charge < -0.3 is 10.1 Å². The number of rotatable bonds is 3. The van der Waals surface area contributed by atoms with Crippen LogP contribution in [0.3, 0.4) is 0 Å². The van der Waals surface area contributed by atoms with Crippen molar-refractivity contribution in [1.29, 1.82) is 0 Å². The van der Waals surface area contributed by atoms with E-state index in [1.807, 2.05) is 13.0 Å². The molecule has 1 heterocycles. The molecule has 1 aliphatic heterocycles. The molecule has 0 spiro atoms. The number of fused-ring (bicyclic) bond motifs is 1. The van der Waals surface area contributed by atoms with Crippen LogP contribution in [0.1, 0.15) is 31.2 Å². The second-order valence-electron chi connectivity index (χ2n) is 3.97. The molecule has 1 aromatic rings. The Morgan fingerprint density at radius 2 is 2.38 bits per heavy atom. The molecule has 2 rings (SSSR count). The Bertz CT molecular complexity index is 428. The standard InChI is InChI=1S/C14H17NO/c1-3-4-5-7-11-10-15-14-12(11)8-6-9-13(14)16-2/h6,8-9,11,15H,5,7,10H2,1-2H3. The van der Waals surface area contributed by atoms with E-state index in [4.69, 9.17) is 4.74 Å². The molecule has 1 N–H and O–H groups in total. The van der Waals surface area contributed by atoms with Crippen molar-refractivity contribution in [1.82, 2.24) is 0 Å². The first kappa shape index (κ1) is 10.9. The summed E-state index contributed by atoms with van der Waals surface area (Å²) in [4.78, 5) is 0. The maximum Gasteiger partial charge on any atom is 0.142 e. The zero-order chi connectivity index (χ0) is 11.4. The summed E-state index contributed by atoms with van der Waals surface area (Å²) >= 11 is 0. The van der Waals surface area contributed by atoms with Gasteiger partial charge in [-0.15, -0.1) is 11.8 Å². The summed E-state index contributed by atoms with van der Waals surface area (Å²) in [6.07, 6.45) is 2.09. The number of hydrogen-bond acceptors (Lipinski definition) is 2. The first-order valence-corrected chi connectivity index (χ1v) is 5.67. The number of anilines is 1. The van der Waals surface area contributed by atoms with Gasteiger partial charge in [-0.2, -0.15) is 0 Å². The van der Waals surface area contributed by atoms with Crippen molar-refractivity contribution < 1.29 is 4.74 Å². The highest BCUT2D eigenvalue weighted by Gasteiger charge is 2.23. The molecule has 2 nitrogen and oxygen atoms in total. The van der Waals surface area contributed by atoms with Crippen LogP contribution >= 0.6 is 0 Å². The largest absolute Gasteiger partial charge is 0.495 e. The van der Waals surface area contributed by atoms with Gasteiger partial charge in [-0.25, -0.2) is 0 Å². The van der Waals surface area contributed by atoms with Crippen molar-refractivity contribution in [2.45, 2.75) is 25.7 Å². The summed E-state index contributed by atoms with van der Waals surface area (Å²) in [6.45, 7) is 2.89. The molecule has 0 radical (unpaired) electrons. The third-order valence-corrected chi connectivity index (χ3v) is 3.04. The Morgan fingerprint density at radius 1 is 1.50 bits per heavy atom. The smallest absolute Gasteiger partial charge is 0.142 e. The monoisotopic (exact) mass is 215 g/mol. The van der Waals surface area contributed by atoms with Crippen LogP contribution in [0.5, 0.6) is 5.75 Å². The Morgan fingerprint density at radius 3 is 3.12 bits per heavy atom. The predicted molar refractivity (Wildman–Crippen MR) is 66.9 cm³/mol. The Hall–Kier alpha value is -1.62. The van der Waals surface area contributed by atoms with E-state index < -0.39 is 0 Å². The topological polar surface area (TPSA) is 21.3 Å². The van der Waals surface area contributed by atoms with Crippen molar-refractivity contribution in [3.05, 3.63) is 23.8 Å². The van der Waals surface area contributed by atoms with Crippen molar-refractivity contribution >= 4 is 5.69 Å². The lowest BCUT2D eigenvalue weighted by molar-refractivity contribution is 0.416. The van der Waals surface area contributed by atoms with Gasteiger partial charge in [0, 0.05) is 18.9 Å². The number of hydrogen-bond donors (Lipinski definition) is 1. The molecule has 1 unspecified atom stereocenters. The number of ether oxygens (including phenoxy) is 1. The van der Waals surface area contributed by atoms with Crippen LogP contribution in [-0.4, -0.2) is 13.7 Å². The SMILES string of the molecule is CC#CCCC1CNc2c(OC)cccc21. The number of para-hydroxylation sites is 1. The molecular weight excluding hydrogens is 198 g/mol. The molecule has 1 atom stereocenters. The minimum atomic E-state index is 0.575. The summed E-state index contributed by atoms with van der Waals surface area (Å²) in [5.41, 5.74) is 2.54. The second-order valence-corrected chi connectivity index (χ2v) is 3.97. The van der Waals surface area contributed by atoms with Crippen LogP contribution in [0, 0.1) is 11.8 Å². The highest BCUT2D eigenvalue weighted by molar-refractivity contribution is 5.66. The summed E-state index contributed by atoms with van der Waals surface area (Å²) in [5.74, 6) is 7.59. The predicted octanol–water partition coefficient (Wildman–Crippen LogP) is 3.01. The van der Waals surface area contributed by atoms with Gasteiger partial charge >= 0.3 is 0 Å². The van der Waals surface area contributed by atoms with E-state index in [0.29, 0.717) is 5.92 Å². The summed E-state index contributed by atoms with van der Waals surface area (Å²) in [5, 5.41) is 3.42. The molecular formula is C14H17NO. The fraction of sp³-hybridized carbons (Fsp3) is 0.429. The Balaban J connectivity index is 2.15. The van der Waals surface area contributed by atoms with E-state index in [1.165, 1.54) is 11.3 Å². The molecule has 0 aromatic heterocycles. The summed E-state index contributed by atoms with van der Waals surface area (Å²) in [7, 11) is 1.72. The van der Waals surface area contributed by atoms with Gasteiger partial charge in [0.05, 0.1) is 12.8 Å². The van der Waals surface area contributed by atoms with Crippen molar-refractivity contribution in [3.63, 3.8) is 0 Å². The van der Waals surface area contributed by atoms with E-state index in [0.717, 1.165) is 25.1 Å². The molecule has 0 saturated heterocycles. The molecule has 0 bridgehead atoms. The molecule has 16 heavy (non-hydrogen) atoms. The number of benzene rings is 1. The maximum absolute atomic E-state index is 5.34. The van der Waals surface area contributed by atoms with Crippen LogP contribution in [0.4, 0.5) is 5.69 Å². The van der Waals surface area contributed by atoms with Gasteiger partial charge in [-0.3, -0.25) is 0 Å². The molecule has 2 heteroatoms. The molecule has 0 saturated carbocycles. The molecule has 0 aliphatic carbocycles. The molecule has 1 aliphatic rings. The third kappa shape index (κ3) is 1.99. The molecule has 84 valence electrons. The van der Waals surface area contributed by atoms with Gasteiger partial charge in [0.1, 0.15) is 5.75 Å². The average molecular weight is 215 g/mol. The Kier molecular flexibility index (Phi) is 3.36. The van der Waals surface area contributed by atoms with E-state index in [1.54, 1.807) is 7.11 Å². The first-order valence-electron chi connectivity index (χ1n) is 5.67. The fourth-order valence-electron chi connectivity index (χ4n) is 2.21. The molecule has 0 amide bonds. The first-order chi connectivity index (χ1) is 7.86.